The van der Waals surface area contributed by atoms with E-state index in [4.69, 9.17) is 12.2 Å². The summed E-state index contributed by atoms with van der Waals surface area (Å²) < 4.78 is 2.11. The maximum absolute atomic E-state index is 13.2. The van der Waals surface area contributed by atoms with Gasteiger partial charge in [0, 0.05) is 17.1 Å². The average Bonchev–Trinajstić information content (AvgIpc) is 3.00. The monoisotopic (exact) mass is 429 g/mol. The molecule has 0 bridgehead atoms. The van der Waals surface area contributed by atoms with E-state index in [1.165, 1.54) is 10.5 Å². The van der Waals surface area contributed by atoms with Crippen LogP contribution in [0.5, 0.6) is 0 Å². The molecule has 0 spiro atoms. The highest BCUT2D eigenvalue weighted by atomic mass is 32.1. The molecule has 1 fully saturated rings. The van der Waals surface area contributed by atoms with E-state index in [-0.39, 0.29) is 10.7 Å². The summed E-state index contributed by atoms with van der Waals surface area (Å²) in [6.07, 6.45) is 1.65. The standard InChI is InChI=1S/C25H23N3O2S/c1-15-5-9-20(10-6-15)27-17(3)13-19(18(27)4)14-22-23(29)26-25(31)28(24(22)30)21-11-7-16(2)8-12-21/h5-14H,1-4H3,(H,26,29,31). The van der Waals surface area contributed by atoms with Crippen molar-refractivity contribution in [3.8, 4) is 5.69 Å². The van der Waals surface area contributed by atoms with E-state index in [1.54, 1.807) is 6.08 Å². The molecule has 0 saturated carbocycles. The molecule has 156 valence electrons. The first-order chi connectivity index (χ1) is 14.8. The van der Waals surface area contributed by atoms with E-state index in [0.29, 0.717) is 5.69 Å². The fraction of sp³-hybridized carbons (Fsp3) is 0.160. The third-order valence-corrected chi connectivity index (χ3v) is 5.74. The molecule has 3 aromatic rings. The SMILES string of the molecule is Cc1ccc(N2C(=O)C(=Cc3cc(C)n(-c4ccc(C)cc4)c3C)C(=O)NC2=S)cc1. The van der Waals surface area contributed by atoms with Gasteiger partial charge in [0.1, 0.15) is 5.57 Å². The summed E-state index contributed by atoms with van der Waals surface area (Å²) in [6, 6.07) is 17.7. The lowest BCUT2D eigenvalue weighted by atomic mass is 10.1. The summed E-state index contributed by atoms with van der Waals surface area (Å²) in [6.45, 7) is 8.00. The fourth-order valence-electron chi connectivity index (χ4n) is 3.77. The highest BCUT2D eigenvalue weighted by Crippen LogP contribution is 2.26. The van der Waals surface area contributed by atoms with E-state index in [1.807, 2.05) is 58.0 Å². The van der Waals surface area contributed by atoms with Crippen LogP contribution in [-0.4, -0.2) is 21.5 Å². The number of aromatic nitrogens is 1. The third-order valence-electron chi connectivity index (χ3n) is 5.46. The molecule has 0 aliphatic carbocycles. The molecule has 4 rings (SSSR count). The topological polar surface area (TPSA) is 54.3 Å². The van der Waals surface area contributed by atoms with Crippen molar-refractivity contribution in [2.75, 3.05) is 4.90 Å². The molecule has 2 aromatic carbocycles. The van der Waals surface area contributed by atoms with E-state index >= 15 is 0 Å². The first-order valence-electron chi connectivity index (χ1n) is 10.0. The molecule has 0 unspecified atom stereocenters. The van der Waals surface area contributed by atoms with Crippen molar-refractivity contribution >= 4 is 40.9 Å². The summed E-state index contributed by atoms with van der Waals surface area (Å²) in [5.74, 6) is -0.920. The molecular weight excluding hydrogens is 406 g/mol. The van der Waals surface area contributed by atoms with Gasteiger partial charge < -0.3 is 4.57 Å². The molecule has 2 amide bonds. The van der Waals surface area contributed by atoms with Crippen LogP contribution < -0.4 is 10.2 Å². The van der Waals surface area contributed by atoms with Gasteiger partial charge in [-0.25, -0.2) is 0 Å². The molecule has 1 aromatic heterocycles. The number of carbonyl (C=O) groups excluding carboxylic acids is 2. The van der Waals surface area contributed by atoms with Crippen LogP contribution >= 0.6 is 12.2 Å². The number of carbonyl (C=O) groups is 2. The lowest BCUT2D eigenvalue weighted by molar-refractivity contribution is -0.122. The number of hydrogen-bond donors (Lipinski definition) is 1. The van der Waals surface area contributed by atoms with Gasteiger partial charge in [-0.05, 0) is 81.9 Å². The minimum absolute atomic E-state index is 0.0540. The van der Waals surface area contributed by atoms with Crippen molar-refractivity contribution in [2.24, 2.45) is 0 Å². The minimum Gasteiger partial charge on any atom is -0.318 e. The van der Waals surface area contributed by atoms with E-state index in [9.17, 15) is 9.59 Å². The molecular formula is C25H23N3O2S. The predicted molar refractivity (Wildman–Crippen MR) is 127 cm³/mol. The third kappa shape index (κ3) is 3.82. The number of nitrogens with one attached hydrogen (secondary N) is 1. The minimum atomic E-state index is -0.487. The van der Waals surface area contributed by atoms with E-state index < -0.39 is 11.8 Å². The van der Waals surface area contributed by atoms with Gasteiger partial charge in [0.25, 0.3) is 11.8 Å². The Labute approximate surface area is 187 Å². The largest absolute Gasteiger partial charge is 0.318 e. The smallest absolute Gasteiger partial charge is 0.270 e. The molecule has 1 saturated heterocycles. The molecule has 5 nitrogen and oxygen atoms in total. The lowest BCUT2D eigenvalue weighted by Gasteiger charge is -2.29. The van der Waals surface area contributed by atoms with Crippen molar-refractivity contribution in [3.05, 3.63) is 88.2 Å². The quantitative estimate of drug-likeness (QED) is 0.378. The first kappa shape index (κ1) is 20.8. The van der Waals surface area contributed by atoms with Crippen LogP contribution in [0, 0.1) is 27.7 Å². The predicted octanol–water partition coefficient (Wildman–Crippen LogP) is 4.54. The molecule has 1 N–H and O–H groups in total. The Morgan fingerprint density at radius 1 is 0.839 bits per heavy atom. The zero-order valence-corrected chi connectivity index (χ0v) is 18.7. The fourth-order valence-corrected chi connectivity index (χ4v) is 4.05. The maximum atomic E-state index is 13.2. The van der Waals surface area contributed by atoms with E-state index in [0.717, 1.165) is 28.2 Å². The van der Waals surface area contributed by atoms with Gasteiger partial charge in [-0.15, -0.1) is 0 Å². The molecule has 1 aliphatic rings. The van der Waals surface area contributed by atoms with Gasteiger partial charge in [-0.2, -0.15) is 0 Å². The Morgan fingerprint density at radius 3 is 1.97 bits per heavy atom. The van der Waals surface area contributed by atoms with Gasteiger partial charge in [-0.1, -0.05) is 35.4 Å². The molecule has 6 heteroatoms. The van der Waals surface area contributed by atoms with Gasteiger partial charge >= 0.3 is 0 Å². The van der Waals surface area contributed by atoms with Crippen LogP contribution in [0.25, 0.3) is 11.8 Å². The normalized spacial score (nSPS) is 15.5. The Hall–Kier alpha value is -3.51. The van der Waals surface area contributed by atoms with Gasteiger partial charge in [0.15, 0.2) is 5.11 Å². The number of thiocarbonyl (C=S) groups is 1. The zero-order valence-electron chi connectivity index (χ0n) is 17.9. The number of anilines is 1. The van der Waals surface area contributed by atoms with Crippen molar-refractivity contribution in [1.82, 2.24) is 9.88 Å². The maximum Gasteiger partial charge on any atom is 0.270 e. The van der Waals surface area contributed by atoms with Crippen molar-refractivity contribution in [2.45, 2.75) is 27.7 Å². The van der Waals surface area contributed by atoms with Crippen molar-refractivity contribution in [1.29, 1.82) is 0 Å². The van der Waals surface area contributed by atoms with Crippen LogP contribution in [0.2, 0.25) is 0 Å². The molecule has 0 radical (unpaired) electrons. The van der Waals surface area contributed by atoms with Crippen LogP contribution in [0.3, 0.4) is 0 Å². The summed E-state index contributed by atoms with van der Waals surface area (Å²) in [5.41, 5.74) is 6.75. The number of nitrogens with zero attached hydrogens (tertiary/aromatic N) is 2. The Balaban J connectivity index is 1.75. The second-order valence-corrected chi connectivity index (χ2v) is 8.18. The summed E-state index contributed by atoms with van der Waals surface area (Å²) in [4.78, 5) is 27.3. The van der Waals surface area contributed by atoms with Crippen molar-refractivity contribution < 1.29 is 9.59 Å². The van der Waals surface area contributed by atoms with Crippen LogP contribution in [-0.2, 0) is 9.59 Å². The number of hydrogen-bond acceptors (Lipinski definition) is 3. The Morgan fingerprint density at radius 2 is 1.39 bits per heavy atom. The van der Waals surface area contributed by atoms with Crippen molar-refractivity contribution in [3.63, 3.8) is 0 Å². The zero-order chi connectivity index (χ0) is 22.3. The summed E-state index contributed by atoms with van der Waals surface area (Å²) >= 11 is 5.28. The summed E-state index contributed by atoms with van der Waals surface area (Å²) in [7, 11) is 0. The Bertz CT molecular complexity index is 1240. The average molecular weight is 430 g/mol. The highest BCUT2D eigenvalue weighted by molar-refractivity contribution is 7.80. The molecule has 2 heterocycles. The lowest BCUT2D eigenvalue weighted by Crippen LogP contribution is -2.54. The summed E-state index contributed by atoms with van der Waals surface area (Å²) in [5, 5.41) is 2.73. The van der Waals surface area contributed by atoms with Crippen LogP contribution in [0.4, 0.5) is 5.69 Å². The molecule has 0 atom stereocenters. The van der Waals surface area contributed by atoms with E-state index in [2.05, 4.69) is 34.1 Å². The van der Waals surface area contributed by atoms with Crippen LogP contribution in [0.15, 0.2) is 60.2 Å². The number of amides is 2. The van der Waals surface area contributed by atoms with Gasteiger partial charge in [0.05, 0.1) is 5.69 Å². The Kier molecular flexibility index (Phi) is 5.33. The van der Waals surface area contributed by atoms with Gasteiger partial charge in [0.2, 0.25) is 0 Å². The highest BCUT2D eigenvalue weighted by Gasteiger charge is 2.34. The number of aryl methyl sites for hydroxylation is 3. The number of rotatable bonds is 3. The first-order valence-corrected chi connectivity index (χ1v) is 10.4. The second-order valence-electron chi connectivity index (χ2n) is 7.79. The second kappa shape index (κ2) is 7.96. The number of benzene rings is 2. The van der Waals surface area contributed by atoms with Crippen LogP contribution in [0.1, 0.15) is 28.1 Å². The van der Waals surface area contributed by atoms with Gasteiger partial charge in [-0.3, -0.25) is 19.8 Å². The molecule has 31 heavy (non-hydrogen) atoms. The molecule has 1 aliphatic heterocycles.